The SMILES string of the molecule is CCCCCOc1ccc(C2C(=C(O)c3c(C)nc4ccccn34)C(=O)C(=O)N2c2nnc(SCc3ccc(F)cc3)s2)cc1OCC. The van der Waals surface area contributed by atoms with Crippen LogP contribution in [0.4, 0.5) is 9.52 Å². The molecule has 0 aliphatic carbocycles. The second kappa shape index (κ2) is 14.6. The molecule has 2 aromatic carbocycles. The van der Waals surface area contributed by atoms with E-state index in [9.17, 15) is 19.1 Å². The zero-order chi connectivity index (χ0) is 33.8. The summed E-state index contributed by atoms with van der Waals surface area (Å²) in [6.07, 6.45) is 4.72. The fourth-order valence-electron chi connectivity index (χ4n) is 5.57. The number of ketones is 1. The predicted octanol–water partition coefficient (Wildman–Crippen LogP) is 7.52. The molecule has 0 spiro atoms. The van der Waals surface area contributed by atoms with Crippen LogP contribution in [0.1, 0.15) is 61.7 Å². The van der Waals surface area contributed by atoms with Crippen molar-refractivity contribution in [3.63, 3.8) is 0 Å². The number of anilines is 1. The van der Waals surface area contributed by atoms with E-state index >= 15 is 0 Å². The lowest BCUT2D eigenvalue weighted by Crippen LogP contribution is -2.29. The summed E-state index contributed by atoms with van der Waals surface area (Å²) in [6.45, 7) is 6.60. The minimum absolute atomic E-state index is 0.108. The molecule has 5 aromatic rings. The van der Waals surface area contributed by atoms with E-state index in [2.05, 4.69) is 22.1 Å². The van der Waals surface area contributed by atoms with Gasteiger partial charge < -0.3 is 14.6 Å². The van der Waals surface area contributed by atoms with E-state index in [0.717, 1.165) is 36.2 Å². The minimum atomic E-state index is -1.06. The number of halogens is 1. The number of fused-ring (bicyclic) bond motifs is 1. The van der Waals surface area contributed by atoms with Crippen molar-refractivity contribution < 1.29 is 28.6 Å². The zero-order valence-electron chi connectivity index (χ0n) is 26.7. The summed E-state index contributed by atoms with van der Waals surface area (Å²) >= 11 is 2.53. The first-order chi connectivity index (χ1) is 23.3. The molecule has 1 N–H and O–H groups in total. The first-order valence-electron chi connectivity index (χ1n) is 15.7. The molecular weight excluding hydrogens is 654 g/mol. The quantitative estimate of drug-likeness (QED) is 0.0335. The molecule has 3 aromatic heterocycles. The lowest BCUT2D eigenvalue weighted by atomic mass is 9.96. The van der Waals surface area contributed by atoms with Crippen LogP contribution in [0.25, 0.3) is 11.4 Å². The standard InChI is InChI=1S/C35H34FN5O5S2/c1-4-6-9-18-46-25-16-13-23(19-26(25)45-5-2)30-28(31(42)29-21(3)37-27-10-7-8-17-40(27)29)32(43)33(44)41(30)34-38-39-35(48-34)47-20-22-11-14-24(36)15-12-22/h7-8,10-17,19,30,42H,4-6,9,18,20H2,1-3H3. The molecule has 1 unspecified atom stereocenters. The van der Waals surface area contributed by atoms with Gasteiger partial charge in [0.05, 0.1) is 30.5 Å². The number of ether oxygens (including phenoxy) is 2. The summed E-state index contributed by atoms with van der Waals surface area (Å²) in [5, 5.41) is 20.7. The molecule has 0 bridgehead atoms. The highest BCUT2D eigenvalue weighted by molar-refractivity contribution is 8.00. The maximum Gasteiger partial charge on any atom is 0.301 e. The molecule has 13 heteroatoms. The fourth-order valence-corrected chi connectivity index (χ4v) is 7.40. The zero-order valence-corrected chi connectivity index (χ0v) is 28.3. The minimum Gasteiger partial charge on any atom is -0.505 e. The average Bonchev–Trinajstić information content (AvgIpc) is 3.76. The Kier molecular flexibility index (Phi) is 10.1. The number of benzene rings is 2. The first-order valence-corrected chi connectivity index (χ1v) is 17.5. The molecule has 0 radical (unpaired) electrons. The third kappa shape index (κ3) is 6.65. The van der Waals surface area contributed by atoms with E-state index in [4.69, 9.17) is 9.47 Å². The van der Waals surface area contributed by atoms with Crippen LogP contribution in [0.3, 0.4) is 0 Å². The number of carbonyl (C=O) groups is 2. The van der Waals surface area contributed by atoms with Crippen molar-refractivity contribution in [3.05, 3.63) is 101 Å². The molecule has 0 saturated carbocycles. The Morgan fingerprint density at radius 3 is 2.60 bits per heavy atom. The van der Waals surface area contributed by atoms with Crippen molar-refractivity contribution in [2.24, 2.45) is 0 Å². The van der Waals surface area contributed by atoms with Crippen molar-refractivity contribution >= 4 is 51.3 Å². The summed E-state index contributed by atoms with van der Waals surface area (Å²) in [5.41, 5.74) is 2.68. The number of amides is 1. The van der Waals surface area contributed by atoms with E-state index in [1.54, 1.807) is 60.0 Å². The van der Waals surface area contributed by atoms with Gasteiger partial charge >= 0.3 is 5.91 Å². The van der Waals surface area contributed by atoms with Crippen LogP contribution in [0.5, 0.6) is 11.5 Å². The van der Waals surface area contributed by atoms with Gasteiger partial charge in [0.25, 0.3) is 5.78 Å². The lowest BCUT2D eigenvalue weighted by molar-refractivity contribution is -0.132. The maximum atomic E-state index is 13.9. The molecular formula is C35H34FN5O5S2. The lowest BCUT2D eigenvalue weighted by Gasteiger charge is -2.23. The summed E-state index contributed by atoms with van der Waals surface area (Å²) in [6, 6.07) is 15.8. The monoisotopic (exact) mass is 687 g/mol. The number of pyridine rings is 1. The summed E-state index contributed by atoms with van der Waals surface area (Å²) in [4.78, 5) is 33.6. The number of aromatic nitrogens is 4. The Balaban J connectivity index is 1.44. The van der Waals surface area contributed by atoms with Crippen molar-refractivity contribution in [2.45, 2.75) is 56.2 Å². The highest BCUT2D eigenvalue weighted by atomic mass is 32.2. The number of carbonyl (C=O) groups excluding carboxylic acids is 2. The Labute approximate surface area is 285 Å². The summed E-state index contributed by atoms with van der Waals surface area (Å²) in [5.74, 6) is -0.890. The normalized spacial score (nSPS) is 15.8. The van der Waals surface area contributed by atoms with Crippen molar-refractivity contribution in [2.75, 3.05) is 18.1 Å². The van der Waals surface area contributed by atoms with Crippen LogP contribution in [0.2, 0.25) is 0 Å². The summed E-state index contributed by atoms with van der Waals surface area (Å²) in [7, 11) is 0. The van der Waals surface area contributed by atoms with Crippen molar-refractivity contribution in [3.8, 4) is 11.5 Å². The third-order valence-corrected chi connectivity index (χ3v) is 9.97. The topological polar surface area (TPSA) is 119 Å². The van der Waals surface area contributed by atoms with Gasteiger partial charge in [-0.25, -0.2) is 9.37 Å². The van der Waals surface area contributed by atoms with E-state index in [1.807, 2.05) is 13.0 Å². The summed E-state index contributed by atoms with van der Waals surface area (Å²) < 4.78 is 27.6. The number of imidazole rings is 1. The van der Waals surface area contributed by atoms with Gasteiger partial charge in [-0.1, -0.05) is 67.1 Å². The predicted molar refractivity (Wildman–Crippen MR) is 183 cm³/mol. The van der Waals surface area contributed by atoms with Crippen molar-refractivity contribution in [1.29, 1.82) is 0 Å². The molecule has 1 aliphatic heterocycles. The molecule has 1 saturated heterocycles. The highest BCUT2D eigenvalue weighted by Gasteiger charge is 2.49. The Morgan fingerprint density at radius 2 is 1.83 bits per heavy atom. The van der Waals surface area contributed by atoms with Crippen molar-refractivity contribution in [1.82, 2.24) is 19.6 Å². The fraction of sp³-hybridized carbons (Fsp3) is 0.286. The van der Waals surface area contributed by atoms with Crippen LogP contribution in [-0.2, 0) is 15.3 Å². The second-order valence-corrected chi connectivity index (χ2v) is 13.3. The van der Waals surface area contributed by atoms with Gasteiger partial charge in [0.2, 0.25) is 5.13 Å². The Hall–Kier alpha value is -4.75. The molecule has 1 aliphatic rings. The number of hydrogen-bond donors (Lipinski definition) is 1. The van der Waals surface area contributed by atoms with Gasteiger partial charge in [-0.15, -0.1) is 10.2 Å². The van der Waals surface area contributed by atoms with Crippen LogP contribution >= 0.6 is 23.1 Å². The maximum absolute atomic E-state index is 13.9. The molecule has 1 fully saturated rings. The largest absolute Gasteiger partial charge is 0.505 e. The van der Waals surface area contributed by atoms with Crippen LogP contribution in [-0.4, -0.2) is 49.6 Å². The van der Waals surface area contributed by atoms with Gasteiger partial charge in [0.15, 0.2) is 21.6 Å². The molecule has 1 amide bonds. The van der Waals surface area contributed by atoms with E-state index in [-0.39, 0.29) is 22.3 Å². The van der Waals surface area contributed by atoms with Crippen LogP contribution < -0.4 is 14.4 Å². The van der Waals surface area contributed by atoms with Gasteiger partial charge in [0.1, 0.15) is 17.2 Å². The number of aliphatic hydroxyl groups excluding tert-OH is 1. The average molecular weight is 688 g/mol. The van der Waals surface area contributed by atoms with Gasteiger partial charge in [-0.05, 0) is 67.8 Å². The van der Waals surface area contributed by atoms with Gasteiger partial charge in [-0.2, -0.15) is 0 Å². The number of aryl methyl sites for hydroxylation is 1. The Bertz CT molecular complexity index is 1990. The van der Waals surface area contributed by atoms with Gasteiger partial charge in [0, 0.05) is 11.9 Å². The molecule has 10 nitrogen and oxygen atoms in total. The van der Waals surface area contributed by atoms with Crippen LogP contribution in [0.15, 0.2) is 76.8 Å². The second-order valence-electron chi connectivity index (χ2n) is 11.1. The van der Waals surface area contributed by atoms with Gasteiger partial charge in [-0.3, -0.25) is 18.9 Å². The number of unbranched alkanes of at least 4 members (excludes halogenated alkanes) is 2. The Morgan fingerprint density at radius 1 is 1.02 bits per heavy atom. The van der Waals surface area contributed by atoms with E-state index < -0.39 is 17.7 Å². The molecule has 6 rings (SSSR count). The molecule has 4 heterocycles. The molecule has 1 atom stereocenters. The third-order valence-electron chi connectivity index (χ3n) is 7.84. The number of thioether (sulfide) groups is 1. The number of aliphatic hydroxyl groups is 1. The number of nitrogens with zero attached hydrogens (tertiary/aromatic N) is 5. The molecule has 48 heavy (non-hydrogen) atoms. The first kappa shape index (κ1) is 33.2. The number of hydrogen-bond acceptors (Lipinski definition) is 10. The van der Waals surface area contributed by atoms with E-state index in [1.165, 1.54) is 28.8 Å². The smallest absolute Gasteiger partial charge is 0.301 e. The number of Topliss-reactive ketones (excluding diaryl/α,β-unsaturated/α-hetero) is 1. The number of rotatable bonds is 13. The highest BCUT2D eigenvalue weighted by Crippen LogP contribution is 2.46. The van der Waals surface area contributed by atoms with Crippen LogP contribution in [0, 0.1) is 12.7 Å². The molecule has 248 valence electrons. The van der Waals surface area contributed by atoms with E-state index in [0.29, 0.717) is 57.4 Å².